The van der Waals surface area contributed by atoms with Crippen molar-refractivity contribution >= 4 is 38.3 Å². The first-order valence-electron chi connectivity index (χ1n) is 10.0. The molecule has 9 nitrogen and oxygen atoms in total. The number of sulfonamides is 1. The summed E-state index contributed by atoms with van der Waals surface area (Å²) in [6, 6.07) is 4.65. The fraction of sp³-hybridized carbons (Fsp3) is 0.450. The van der Waals surface area contributed by atoms with Crippen LogP contribution in [-0.2, 0) is 21.9 Å². The standard InChI is InChI=1S/C20H25N5O4S2/c1-4-12(9-17(21)26)16-11-22-18(30-16)25-15-10-13(5-6-14(15)24(3)19(25)27)31(28,29)23-20(2)7-8-20/h5-6,10-12,23H,4,7-9H2,1-3H3,(H2,21,26). The van der Waals surface area contributed by atoms with Gasteiger partial charge in [0.25, 0.3) is 0 Å². The molecule has 0 saturated heterocycles. The van der Waals surface area contributed by atoms with Crippen molar-refractivity contribution in [1.29, 1.82) is 0 Å². The third kappa shape index (κ3) is 4.04. The van der Waals surface area contributed by atoms with Crippen LogP contribution in [-0.4, -0.2) is 34.0 Å². The summed E-state index contributed by atoms with van der Waals surface area (Å²) in [6.45, 7) is 3.83. The molecule has 1 unspecified atom stereocenters. The van der Waals surface area contributed by atoms with E-state index in [2.05, 4.69) is 9.71 Å². The van der Waals surface area contributed by atoms with Crippen molar-refractivity contribution in [3.8, 4) is 5.13 Å². The number of fused-ring (bicyclic) bond motifs is 1. The van der Waals surface area contributed by atoms with Crippen molar-refractivity contribution in [2.45, 2.75) is 55.9 Å². The number of carbonyl (C=O) groups excluding carboxylic acids is 1. The lowest BCUT2D eigenvalue weighted by Gasteiger charge is -2.12. The Morgan fingerprint density at radius 2 is 2.06 bits per heavy atom. The van der Waals surface area contributed by atoms with E-state index in [4.69, 9.17) is 5.73 Å². The van der Waals surface area contributed by atoms with Gasteiger partial charge in [-0.1, -0.05) is 6.92 Å². The van der Waals surface area contributed by atoms with Gasteiger partial charge in [-0.15, -0.1) is 11.3 Å². The summed E-state index contributed by atoms with van der Waals surface area (Å²) in [7, 11) is -2.08. The van der Waals surface area contributed by atoms with E-state index >= 15 is 0 Å². The third-order valence-corrected chi connectivity index (χ3v) is 8.54. The maximum Gasteiger partial charge on any atom is 0.335 e. The summed E-state index contributed by atoms with van der Waals surface area (Å²) >= 11 is 1.30. The summed E-state index contributed by atoms with van der Waals surface area (Å²) < 4.78 is 31.3. The topological polar surface area (TPSA) is 129 Å². The number of primary amides is 1. The van der Waals surface area contributed by atoms with Crippen LogP contribution in [0.2, 0.25) is 0 Å². The number of imidazole rings is 1. The highest BCUT2D eigenvalue weighted by molar-refractivity contribution is 7.89. The molecule has 3 N–H and O–H groups in total. The summed E-state index contributed by atoms with van der Waals surface area (Å²) in [5.74, 6) is -0.468. The predicted octanol–water partition coefficient (Wildman–Crippen LogP) is 1.99. The Morgan fingerprint density at radius 3 is 2.68 bits per heavy atom. The number of carbonyl (C=O) groups is 1. The minimum absolute atomic E-state index is 0.0751. The molecular formula is C20H25N5O4S2. The fourth-order valence-corrected chi connectivity index (χ4v) is 6.20. The van der Waals surface area contributed by atoms with Crippen LogP contribution in [0.1, 0.15) is 50.3 Å². The van der Waals surface area contributed by atoms with Crippen LogP contribution in [0, 0.1) is 0 Å². The van der Waals surface area contributed by atoms with Crippen LogP contribution in [0.3, 0.4) is 0 Å². The maximum atomic E-state index is 13.0. The quantitative estimate of drug-likeness (QED) is 0.528. The molecule has 1 atom stereocenters. The van der Waals surface area contributed by atoms with Gasteiger partial charge in [-0.3, -0.25) is 9.36 Å². The smallest absolute Gasteiger partial charge is 0.335 e. The Hall–Kier alpha value is -2.50. The highest BCUT2D eigenvalue weighted by atomic mass is 32.2. The van der Waals surface area contributed by atoms with Gasteiger partial charge in [-0.05, 0) is 44.4 Å². The number of rotatable bonds is 8. The molecule has 2 heterocycles. The zero-order valence-electron chi connectivity index (χ0n) is 17.6. The van der Waals surface area contributed by atoms with E-state index < -0.39 is 21.5 Å². The average molecular weight is 464 g/mol. The first-order chi connectivity index (χ1) is 14.5. The molecule has 1 aromatic carbocycles. The number of amides is 1. The van der Waals surface area contributed by atoms with Gasteiger partial charge in [-0.2, -0.15) is 0 Å². The number of hydrogen-bond donors (Lipinski definition) is 2. The number of nitrogens with zero attached hydrogens (tertiary/aromatic N) is 3. The first kappa shape index (κ1) is 21.7. The number of hydrogen-bond acceptors (Lipinski definition) is 6. The number of benzene rings is 1. The number of nitrogens with one attached hydrogen (secondary N) is 1. The summed E-state index contributed by atoms with van der Waals surface area (Å²) in [4.78, 5) is 29.7. The summed E-state index contributed by atoms with van der Waals surface area (Å²) in [5.41, 5.74) is 5.69. The van der Waals surface area contributed by atoms with Crippen molar-refractivity contribution in [2.75, 3.05) is 0 Å². The Balaban J connectivity index is 1.80. The van der Waals surface area contributed by atoms with Gasteiger partial charge in [0.2, 0.25) is 15.9 Å². The van der Waals surface area contributed by atoms with Crippen LogP contribution in [0.15, 0.2) is 34.1 Å². The van der Waals surface area contributed by atoms with E-state index in [-0.39, 0.29) is 22.9 Å². The molecule has 0 radical (unpaired) electrons. The zero-order valence-corrected chi connectivity index (χ0v) is 19.2. The van der Waals surface area contributed by atoms with E-state index in [1.807, 2.05) is 13.8 Å². The lowest BCUT2D eigenvalue weighted by molar-refractivity contribution is -0.118. The van der Waals surface area contributed by atoms with Gasteiger partial charge in [0.15, 0.2) is 5.13 Å². The molecular weight excluding hydrogens is 438 g/mol. The lowest BCUT2D eigenvalue weighted by atomic mass is 10.0. The minimum atomic E-state index is -3.72. The van der Waals surface area contributed by atoms with Crippen LogP contribution >= 0.6 is 11.3 Å². The van der Waals surface area contributed by atoms with Gasteiger partial charge in [-0.25, -0.2) is 27.5 Å². The second-order valence-electron chi connectivity index (χ2n) is 8.31. The van der Waals surface area contributed by atoms with Crippen molar-refractivity contribution in [3.05, 3.63) is 39.8 Å². The number of thiazole rings is 1. The largest absolute Gasteiger partial charge is 0.370 e. The van der Waals surface area contributed by atoms with Crippen LogP contribution in [0.5, 0.6) is 0 Å². The van der Waals surface area contributed by atoms with Gasteiger partial charge in [0, 0.05) is 36.0 Å². The molecule has 31 heavy (non-hydrogen) atoms. The summed E-state index contributed by atoms with van der Waals surface area (Å²) in [6.07, 6.45) is 4.17. The molecule has 11 heteroatoms. The molecule has 166 valence electrons. The number of aryl methyl sites for hydroxylation is 1. The van der Waals surface area contributed by atoms with Crippen LogP contribution < -0.4 is 16.1 Å². The molecule has 1 aliphatic carbocycles. The van der Waals surface area contributed by atoms with Gasteiger partial charge < -0.3 is 5.73 Å². The van der Waals surface area contributed by atoms with Crippen molar-refractivity contribution in [3.63, 3.8) is 0 Å². The number of aromatic nitrogens is 3. The Kier molecular flexibility index (Phi) is 5.31. The highest BCUT2D eigenvalue weighted by Gasteiger charge is 2.41. The molecule has 1 aliphatic rings. The minimum Gasteiger partial charge on any atom is -0.370 e. The molecule has 0 aliphatic heterocycles. The van der Waals surface area contributed by atoms with Crippen molar-refractivity contribution in [2.24, 2.45) is 12.8 Å². The van der Waals surface area contributed by atoms with Crippen LogP contribution in [0.25, 0.3) is 16.2 Å². The Bertz CT molecular complexity index is 1330. The molecule has 2 aromatic heterocycles. The van der Waals surface area contributed by atoms with Crippen molar-refractivity contribution < 1.29 is 13.2 Å². The molecule has 4 rings (SSSR count). The SMILES string of the molecule is CCC(CC(N)=O)c1cnc(-n2c(=O)n(C)c3ccc(S(=O)(=O)NC4(C)CC4)cc32)s1. The molecule has 3 aromatic rings. The van der Waals surface area contributed by atoms with Crippen LogP contribution in [0.4, 0.5) is 0 Å². The number of nitrogens with two attached hydrogens (primary N) is 1. The van der Waals surface area contributed by atoms with Crippen molar-refractivity contribution in [1.82, 2.24) is 18.8 Å². The van der Waals surface area contributed by atoms with Gasteiger partial charge in [0.05, 0.1) is 15.9 Å². The van der Waals surface area contributed by atoms with Gasteiger partial charge in [0.1, 0.15) is 0 Å². The van der Waals surface area contributed by atoms with E-state index in [1.165, 1.54) is 32.6 Å². The molecule has 1 saturated carbocycles. The molecule has 1 amide bonds. The third-order valence-electron chi connectivity index (χ3n) is 5.76. The van der Waals surface area contributed by atoms with Gasteiger partial charge >= 0.3 is 5.69 Å². The zero-order chi connectivity index (χ0) is 22.6. The Labute approximate surface area is 183 Å². The van der Waals surface area contributed by atoms with E-state index in [0.29, 0.717) is 22.6 Å². The molecule has 0 spiro atoms. The monoisotopic (exact) mass is 463 g/mol. The molecule has 1 fully saturated rings. The van der Waals surface area contributed by atoms with E-state index in [9.17, 15) is 18.0 Å². The predicted molar refractivity (Wildman–Crippen MR) is 119 cm³/mol. The second-order valence-corrected chi connectivity index (χ2v) is 11.0. The van der Waals surface area contributed by atoms with E-state index in [0.717, 1.165) is 17.7 Å². The summed E-state index contributed by atoms with van der Waals surface area (Å²) in [5, 5.41) is 0.421. The highest BCUT2D eigenvalue weighted by Crippen LogP contribution is 2.36. The first-order valence-corrected chi connectivity index (χ1v) is 12.3. The molecule has 0 bridgehead atoms. The maximum absolute atomic E-state index is 13.0. The average Bonchev–Trinajstić information content (AvgIpc) is 3.12. The Morgan fingerprint density at radius 1 is 1.35 bits per heavy atom. The van der Waals surface area contributed by atoms with E-state index in [1.54, 1.807) is 19.3 Å². The second kappa shape index (κ2) is 7.57. The normalized spacial score (nSPS) is 16.5. The lowest BCUT2D eigenvalue weighted by Crippen LogP contribution is -2.34. The fourth-order valence-electron chi connectivity index (χ4n) is 3.60.